The first-order chi connectivity index (χ1) is 13.8. The Kier molecular flexibility index (Phi) is 5.10. The fourth-order valence-electron chi connectivity index (χ4n) is 2.78. The van der Waals surface area contributed by atoms with E-state index in [1.165, 1.54) is 11.9 Å². The molecule has 4 aromatic rings. The second-order valence-corrected chi connectivity index (χ2v) is 6.14. The molecule has 0 aliphatic rings. The van der Waals surface area contributed by atoms with E-state index < -0.39 is 0 Å². The molecule has 4 rings (SSSR count). The van der Waals surface area contributed by atoms with Gasteiger partial charge in [-0.05, 0) is 41.4 Å². The highest BCUT2D eigenvalue weighted by Gasteiger charge is 2.04. The van der Waals surface area contributed by atoms with Crippen molar-refractivity contribution >= 4 is 17.3 Å². The molecule has 0 unspecified atom stereocenters. The van der Waals surface area contributed by atoms with Gasteiger partial charge in [0.1, 0.15) is 18.3 Å². The van der Waals surface area contributed by atoms with Gasteiger partial charge < -0.3 is 5.32 Å². The van der Waals surface area contributed by atoms with Crippen molar-refractivity contribution in [1.29, 1.82) is 0 Å². The van der Waals surface area contributed by atoms with Gasteiger partial charge in [-0.25, -0.2) is 15.0 Å². The van der Waals surface area contributed by atoms with Gasteiger partial charge in [0.2, 0.25) is 5.95 Å². The zero-order valence-electron chi connectivity index (χ0n) is 14.9. The van der Waals surface area contributed by atoms with Crippen molar-refractivity contribution in [1.82, 2.24) is 24.7 Å². The first kappa shape index (κ1) is 17.5. The summed E-state index contributed by atoms with van der Waals surface area (Å²) in [6.07, 6.45) is 5.83. The van der Waals surface area contributed by atoms with Crippen LogP contribution in [0.5, 0.6) is 0 Å². The molecular weight excluding hydrogens is 354 g/mol. The summed E-state index contributed by atoms with van der Waals surface area (Å²) in [5.74, 6) is 0.454. The van der Waals surface area contributed by atoms with Crippen molar-refractivity contribution in [2.24, 2.45) is 5.18 Å². The number of hydrogen-bond donors (Lipinski definition) is 1. The molecule has 0 spiro atoms. The number of aromatic nitrogens is 5. The summed E-state index contributed by atoms with van der Waals surface area (Å²) in [5, 5.41) is 10.1. The molecule has 0 fully saturated rings. The Labute approximate surface area is 161 Å². The van der Waals surface area contributed by atoms with Crippen molar-refractivity contribution in [3.8, 4) is 11.3 Å². The summed E-state index contributed by atoms with van der Waals surface area (Å²) in [6, 6.07) is 17.0. The highest BCUT2D eigenvalue weighted by Crippen LogP contribution is 2.22. The molecule has 1 N–H and O–H groups in total. The highest BCUT2D eigenvalue weighted by molar-refractivity contribution is 5.63. The molecule has 0 bridgehead atoms. The number of anilines is 2. The molecule has 0 aliphatic heterocycles. The predicted molar refractivity (Wildman–Crippen MR) is 106 cm³/mol. The normalized spacial score (nSPS) is 10.6. The third kappa shape index (κ3) is 4.24. The van der Waals surface area contributed by atoms with Crippen LogP contribution in [0.25, 0.3) is 11.3 Å². The summed E-state index contributed by atoms with van der Waals surface area (Å²) in [6.45, 7) is 0.787. The van der Waals surface area contributed by atoms with Crippen LogP contribution in [0.3, 0.4) is 0 Å². The van der Waals surface area contributed by atoms with Crippen LogP contribution in [0.2, 0.25) is 0 Å². The van der Waals surface area contributed by atoms with Crippen molar-refractivity contribution in [2.75, 3.05) is 5.32 Å². The molecule has 0 aliphatic carbocycles. The zero-order valence-corrected chi connectivity index (χ0v) is 14.9. The predicted octanol–water partition coefficient (Wildman–Crippen LogP) is 4.12. The molecule has 2 aromatic heterocycles. The van der Waals surface area contributed by atoms with Crippen LogP contribution in [0.15, 0.2) is 78.6 Å². The second-order valence-electron chi connectivity index (χ2n) is 6.14. The lowest BCUT2D eigenvalue weighted by atomic mass is 10.1. The first-order valence-electron chi connectivity index (χ1n) is 8.75. The monoisotopic (exact) mass is 371 g/mol. The molecular formula is C20H17N7O. The van der Waals surface area contributed by atoms with E-state index >= 15 is 0 Å². The maximum atomic E-state index is 10.7. The summed E-state index contributed by atoms with van der Waals surface area (Å²) >= 11 is 0. The van der Waals surface area contributed by atoms with Gasteiger partial charge in [0, 0.05) is 24.0 Å². The van der Waals surface area contributed by atoms with E-state index in [-0.39, 0.29) is 0 Å². The van der Waals surface area contributed by atoms with E-state index in [4.69, 9.17) is 0 Å². The SMILES string of the molecule is O=Nc1cccc(Nc2nccc(-c3ccc(CCn4cncn4)cc3)n2)c1. The van der Waals surface area contributed by atoms with Gasteiger partial charge in [-0.3, -0.25) is 4.68 Å². The highest BCUT2D eigenvalue weighted by atomic mass is 16.3. The van der Waals surface area contributed by atoms with Crippen LogP contribution in [0.1, 0.15) is 5.56 Å². The maximum Gasteiger partial charge on any atom is 0.227 e. The molecule has 8 heteroatoms. The minimum Gasteiger partial charge on any atom is -0.324 e. The van der Waals surface area contributed by atoms with Crippen molar-refractivity contribution in [2.45, 2.75) is 13.0 Å². The van der Waals surface area contributed by atoms with Crippen molar-refractivity contribution in [3.63, 3.8) is 0 Å². The topological polar surface area (TPSA) is 98.0 Å². The molecule has 0 radical (unpaired) electrons. The van der Waals surface area contributed by atoms with Gasteiger partial charge in [-0.1, -0.05) is 30.3 Å². The average molecular weight is 371 g/mol. The fraction of sp³-hybridized carbons (Fsp3) is 0.100. The lowest BCUT2D eigenvalue weighted by Gasteiger charge is -2.08. The van der Waals surface area contributed by atoms with Gasteiger partial charge >= 0.3 is 0 Å². The Morgan fingerprint density at radius 2 is 1.96 bits per heavy atom. The van der Waals surface area contributed by atoms with Gasteiger partial charge in [0.15, 0.2) is 0 Å². The lowest BCUT2D eigenvalue weighted by Crippen LogP contribution is -2.01. The summed E-state index contributed by atoms with van der Waals surface area (Å²) in [7, 11) is 0. The molecule has 2 heterocycles. The van der Waals surface area contributed by atoms with Gasteiger partial charge in [0.05, 0.1) is 5.69 Å². The second kappa shape index (κ2) is 8.17. The average Bonchev–Trinajstić information content (AvgIpc) is 3.27. The molecule has 0 amide bonds. The van der Waals surface area contributed by atoms with Crippen LogP contribution in [0, 0.1) is 4.91 Å². The molecule has 28 heavy (non-hydrogen) atoms. The number of nitroso groups, excluding NO2 is 1. The standard InChI is InChI=1S/C20H17N7O/c28-26-18-3-1-2-17(12-18)24-20-22-10-8-19(25-20)16-6-4-15(5-7-16)9-11-27-14-21-13-23-27/h1-8,10,12-14H,9,11H2,(H,22,24,25). The molecule has 0 atom stereocenters. The Morgan fingerprint density at radius 3 is 2.75 bits per heavy atom. The van der Waals surface area contributed by atoms with E-state index in [1.807, 2.05) is 28.9 Å². The molecule has 138 valence electrons. The lowest BCUT2D eigenvalue weighted by molar-refractivity contribution is 0.613. The van der Waals surface area contributed by atoms with Gasteiger partial charge in [-0.15, -0.1) is 4.91 Å². The summed E-state index contributed by atoms with van der Waals surface area (Å²) in [4.78, 5) is 23.4. The molecule has 0 saturated heterocycles. The van der Waals surface area contributed by atoms with Crippen LogP contribution >= 0.6 is 0 Å². The van der Waals surface area contributed by atoms with Crippen LogP contribution in [-0.4, -0.2) is 24.7 Å². The molecule has 0 saturated carbocycles. The van der Waals surface area contributed by atoms with Crippen LogP contribution in [-0.2, 0) is 13.0 Å². The largest absolute Gasteiger partial charge is 0.324 e. The number of nitrogens with one attached hydrogen (secondary N) is 1. The number of hydrogen-bond acceptors (Lipinski definition) is 7. The Balaban J connectivity index is 1.46. The Bertz CT molecular complexity index is 1060. The minimum absolute atomic E-state index is 0.350. The van der Waals surface area contributed by atoms with Gasteiger partial charge in [0.25, 0.3) is 0 Å². The molecule has 2 aromatic carbocycles. The third-order valence-electron chi connectivity index (χ3n) is 4.21. The van der Waals surface area contributed by atoms with E-state index in [0.717, 1.165) is 24.2 Å². The van der Waals surface area contributed by atoms with Gasteiger partial charge in [-0.2, -0.15) is 5.10 Å². The third-order valence-corrected chi connectivity index (χ3v) is 4.21. The summed E-state index contributed by atoms with van der Waals surface area (Å²) in [5.41, 5.74) is 4.08. The number of nitrogens with zero attached hydrogens (tertiary/aromatic N) is 6. The van der Waals surface area contributed by atoms with Crippen LogP contribution < -0.4 is 5.32 Å². The van der Waals surface area contributed by atoms with Crippen molar-refractivity contribution in [3.05, 3.63) is 83.9 Å². The quantitative estimate of drug-likeness (QED) is 0.491. The van der Waals surface area contributed by atoms with Crippen molar-refractivity contribution < 1.29 is 0 Å². The van der Waals surface area contributed by atoms with Crippen LogP contribution in [0.4, 0.5) is 17.3 Å². The summed E-state index contributed by atoms with van der Waals surface area (Å²) < 4.78 is 1.81. The molecule has 8 nitrogen and oxygen atoms in total. The number of rotatable bonds is 7. The van der Waals surface area contributed by atoms with E-state index in [1.54, 1.807) is 30.7 Å². The maximum absolute atomic E-state index is 10.7. The minimum atomic E-state index is 0.350. The Hall–Kier alpha value is -3.94. The smallest absolute Gasteiger partial charge is 0.227 e. The number of benzene rings is 2. The zero-order chi connectivity index (χ0) is 19.2. The Morgan fingerprint density at radius 1 is 1.07 bits per heavy atom. The van der Waals surface area contributed by atoms with E-state index in [2.05, 4.69) is 42.7 Å². The number of aryl methyl sites for hydroxylation is 2. The fourth-order valence-corrected chi connectivity index (χ4v) is 2.78. The first-order valence-corrected chi connectivity index (χ1v) is 8.75. The van der Waals surface area contributed by atoms with E-state index in [0.29, 0.717) is 17.3 Å². The van der Waals surface area contributed by atoms with E-state index in [9.17, 15) is 4.91 Å².